The molecule has 1 aliphatic heterocycles. The summed E-state index contributed by atoms with van der Waals surface area (Å²) in [4.78, 5) is 20.3. The number of nitrogens with one attached hydrogen (secondary N) is 1. The Morgan fingerprint density at radius 2 is 2.08 bits per heavy atom. The van der Waals surface area contributed by atoms with E-state index in [2.05, 4.69) is 39.7 Å². The van der Waals surface area contributed by atoms with Crippen molar-refractivity contribution in [1.29, 1.82) is 0 Å². The van der Waals surface area contributed by atoms with Gasteiger partial charge in [-0.05, 0) is 35.9 Å². The van der Waals surface area contributed by atoms with E-state index in [0.717, 1.165) is 32.4 Å². The molecule has 0 bridgehead atoms. The lowest BCUT2D eigenvalue weighted by Gasteiger charge is -2.20. The minimum Gasteiger partial charge on any atom is -0.344 e. The first-order valence-electron chi connectivity index (χ1n) is 8.71. The normalized spacial score (nSPS) is 17.8. The summed E-state index contributed by atoms with van der Waals surface area (Å²) < 4.78 is 5.13. The van der Waals surface area contributed by atoms with Gasteiger partial charge in [-0.2, -0.15) is 4.98 Å². The molecule has 0 aliphatic carbocycles. The largest absolute Gasteiger partial charge is 0.344 e. The third-order valence-corrected chi connectivity index (χ3v) is 4.53. The van der Waals surface area contributed by atoms with E-state index < -0.39 is 0 Å². The van der Waals surface area contributed by atoms with Gasteiger partial charge in [0.15, 0.2) is 0 Å². The van der Waals surface area contributed by atoms with E-state index in [0.29, 0.717) is 17.8 Å². The summed E-state index contributed by atoms with van der Waals surface area (Å²) in [6, 6.07) is 10.5. The van der Waals surface area contributed by atoms with E-state index in [1.807, 2.05) is 25.1 Å². The maximum Gasteiger partial charge on any atom is 0.317 e. The summed E-state index contributed by atoms with van der Waals surface area (Å²) in [5.41, 5.74) is 1.37. The highest BCUT2D eigenvalue weighted by atomic mass is 16.5. The average molecular weight is 343 g/mol. The van der Waals surface area contributed by atoms with Crippen molar-refractivity contribution >= 4 is 12.0 Å². The number of anilines is 1. The molecule has 3 rings (SSSR count). The third kappa shape index (κ3) is 4.49. The lowest BCUT2D eigenvalue weighted by molar-refractivity contribution is 0.197. The molecule has 7 heteroatoms. The van der Waals surface area contributed by atoms with Crippen molar-refractivity contribution in [3.63, 3.8) is 0 Å². The molecule has 2 heterocycles. The molecule has 0 saturated carbocycles. The number of likely N-dealkylation sites (tertiary alicyclic amines) is 1. The van der Waals surface area contributed by atoms with Crippen LogP contribution in [-0.2, 0) is 6.54 Å². The van der Waals surface area contributed by atoms with Crippen LogP contribution in [0.15, 0.2) is 34.9 Å². The molecule has 2 aromatic rings. The van der Waals surface area contributed by atoms with Gasteiger partial charge in [0.25, 0.3) is 5.95 Å². The summed E-state index contributed by atoms with van der Waals surface area (Å²) in [5.74, 6) is 1.44. The summed E-state index contributed by atoms with van der Waals surface area (Å²) in [7, 11) is 3.68. The Labute approximate surface area is 148 Å². The van der Waals surface area contributed by atoms with Crippen molar-refractivity contribution in [2.24, 2.45) is 0 Å². The molecule has 0 radical (unpaired) electrons. The van der Waals surface area contributed by atoms with Crippen molar-refractivity contribution in [2.75, 3.05) is 32.1 Å². The summed E-state index contributed by atoms with van der Waals surface area (Å²) in [6.07, 6.45) is 3.12. The second-order valence-electron chi connectivity index (χ2n) is 6.57. The molecule has 7 nitrogen and oxygen atoms in total. The molecule has 1 unspecified atom stereocenters. The van der Waals surface area contributed by atoms with Crippen molar-refractivity contribution in [3.05, 3.63) is 41.8 Å². The zero-order valence-electron chi connectivity index (χ0n) is 14.8. The minimum absolute atomic E-state index is 0.0710. The van der Waals surface area contributed by atoms with Crippen LogP contribution in [-0.4, -0.2) is 48.3 Å². The fourth-order valence-corrected chi connectivity index (χ4v) is 3.12. The first-order chi connectivity index (χ1) is 12.1. The Kier molecular flexibility index (Phi) is 5.53. The van der Waals surface area contributed by atoms with Crippen LogP contribution < -0.4 is 10.2 Å². The molecule has 1 N–H and O–H groups in total. The van der Waals surface area contributed by atoms with E-state index >= 15 is 0 Å². The predicted molar refractivity (Wildman–Crippen MR) is 95.5 cm³/mol. The maximum atomic E-state index is 12.4. The zero-order valence-corrected chi connectivity index (χ0v) is 14.8. The van der Waals surface area contributed by atoms with Crippen molar-refractivity contribution in [1.82, 2.24) is 20.4 Å². The van der Waals surface area contributed by atoms with Gasteiger partial charge in [-0.25, -0.2) is 4.79 Å². The van der Waals surface area contributed by atoms with Crippen LogP contribution in [0.5, 0.6) is 0 Å². The Hall–Kier alpha value is -2.57. The molecule has 2 amide bonds. The van der Waals surface area contributed by atoms with Crippen molar-refractivity contribution in [3.8, 4) is 0 Å². The number of hydrogen-bond acceptors (Lipinski definition) is 5. The van der Waals surface area contributed by atoms with Crippen LogP contribution in [0.3, 0.4) is 0 Å². The summed E-state index contributed by atoms with van der Waals surface area (Å²) >= 11 is 0. The number of nitrogens with zero attached hydrogens (tertiary/aromatic N) is 4. The number of urea groups is 1. The highest BCUT2D eigenvalue weighted by molar-refractivity contribution is 5.74. The number of carbonyl (C=O) groups is 1. The lowest BCUT2D eigenvalue weighted by atomic mass is 9.92. The molecule has 25 heavy (non-hydrogen) atoms. The highest BCUT2D eigenvalue weighted by Gasteiger charge is 2.21. The Morgan fingerprint density at radius 3 is 2.80 bits per heavy atom. The van der Waals surface area contributed by atoms with E-state index in [9.17, 15) is 4.79 Å². The number of hydrogen-bond donors (Lipinski definition) is 1. The molecular formula is C18H25N5O2. The van der Waals surface area contributed by atoms with Gasteiger partial charge in [0.05, 0.1) is 6.54 Å². The second kappa shape index (κ2) is 8.00. The molecule has 1 aliphatic rings. The number of aromatic nitrogens is 2. The van der Waals surface area contributed by atoms with E-state index in [4.69, 9.17) is 4.52 Å². The number of benzene rings is 1. The molecule has 1 atom stereocenters. The summed E-state index contributed by atoms with van der Waals surface area (Å²) in [6.45, 7) is 1.79. The average Bonchev–Trinajstić information content (AvgIpc) is 2.97. The van der Waals surface area contributed by atoms with Gasteiger partial charge in [-0.15, -0.1) is 0 Å². The van der Waals surface area contributed by atoms with Crippen LogP contribution in [0.1, 0.15) is 36.6 Å². The van der Waals surface area contributed by atoms with Crippen LogP contribution >= 0.6 is 0 Å². The minimum atomic E-state index is -0.0710. The quantitative estimate of drug-likeness (QED) is 0.924. The zero-order chi connectivity index (χ0) is 17.6. The molecule has 1 fully saturated rings. The van der Waals surface area contributed by atoms with E-state index in [-0.39, 0.29) is 12.6 Å². The number of amides is 2. The van der Waals surface area contributed by atoms with Crippen LogP contribution in [0.25, 0.3) is 0 Å². The van der Waals surface area contributed by atoms with Crippen molar-refractivity contribution < 1.29 is 9.32 Å². The second-order valence-corrected chi connectivity index (χ2v) is 6.57. The highest BCUT2D eigenvalue weighted by Crippen LogP contribution is 2.27. The van der Waals surface area contributed by atoms with Crippen LogP contribution in [0, 0.1) is 0 Å². The van der Waals surface area contributed by atoms with Crippen molar-refractivity contribution in [2.45, 2.75) is 31.7 Å². The molecular weight excluding hydrogens is 318 g/mol. The molecule has 0 spiro atoms. The first-order valence-corrected chi connectivity index (χ1v) is 8.71. The maximum absolute atomic E-state index is 12.4. The van der Waals surface area contributed by atoms with Gasteiger partial charge in [-0.1, -0.05) is 30.3 Å². The number of rotatable bonds is 4. The van der Waals surface area contributed by atoms with E-state index in [1.165, 1.54) is 5.56 Å². The lowest BCUT2D eigenvalue weighted by Crippen LogP contribution is -2.40. The third-order valence-electron chi connectivity index (χ3n) is 4.53. The monoisotopic (exact) mass is 343 g/mol. The summed E-state index contributed by atoms with van der Waals surface area (Å²) in [5, 5.41) is 6.72. The Balaban J connectivity index is 1.50. The van der Waals surface area contributed by atoms with Gasteiger partial charge >= 0.3 is 6.03 Å². The fraction of sp³-hybridized carbons (Fsp3) is 0.500. The van der Waals surface area contributed by atoms with Gasteiger partial charge in [0.2, 0.25) is 5.89 Å². The van der Waals surface area contributed by atoms with Gasteiger partial charge in [0, 0.05) is 27.2 Å². The molecule has 134 valence electrons. The van der Waals surface area contributed by atoms with Gasteiger partial charge < -0.3 is 19.6 Å². The van der Waals surface area contributed by atoms with Gasteiger partial charge in [-0.3, -0.25) is 0 Å². The molecule has 1 aromatic heterocycles. The molecule has 1 aromatic carbocycles. The topological polar surface area (TPSA) is 74.5 Å². The SMILES string of the molecule is CN(C)c1noc(CNC(=O)N2CCCC(c3ccccc3)CC2)n1. The van der Waals surface area contributed by atoms with Crippen LogP contribution in [0.4, 0.5) is 10.7 Å². The van der Waals surface area contributed by atoms with E-state index in [1.54, 1.807) is 4.90 Å². The Bertz CT molecular complexity index is 686. The Morgan fingerprint density at radius 1 is 1.28 bits per heavy atom. The first kappa shape index (κ1) is 17.3. The van der Waals surface area contributed by atoms with Gasteiger partial charge in [0.1, 0.15) is 0 Å². The fourth-order valence-electron chi connectivity index (χ4n) is 3.12. The molecule has 1 saturated heterocycles. The smallest absolute Gasteiger partial charge is 0.317 e. The standard InChI is InChI=1S/C18H25N5O2/c1-22(2)17-20-16(25-21-17)13-19-18(24)23-11-6-9-15(10-12-23)14-7-4-3-5-8-14/h3-5,7-8,15H,6,9-13H2,1-2H3,(H,19,24). The van der Waals surface area contributed by atoms with Crippen LogP contribution in [0.2, 0.25) is 0 Å². The number of carbonyl (C=O) groups excluding carboxylic acids is 1. The predicted octanol–water partition coefficient (Wildman–Crippen LogP) is 2.61.